The first-order valence-electron chi connectivity index (χ1n) is 10.9. The molecule has 5 nitrogen and oxygen atoms in total. The van der Waals surface area contributed by atoms with Crippen LogP contribution >= 0.6 is 24.0 Å². The largest absolute Gasteiger partial charge is 0.369 e. The number of hydrogen-bond donors (Lipinski definition) is 2. The topological polar surface area (TPSA) is 42.9 Å². The van der Waals surface area contributed by atoms with E-state index in [0.717, 1.165) is 57.7 Å². The van der Waals surface area contributed by atoms with Gasteiger partial charge in [-0.25, -0.2) is 0 Å². The molecule has 1 heterocycles. The highest BCUT2D eigenvalue weighted by molar-refractivity contribution is 14.0. The lowest BCUT2D eigenvalue weighted by Crippen LogP contribution is -2.46. The molecule has 1 aliphatic carbocycles. The fourth-order valence-electron chi connectivity index (χ4n) is 3.89. The zero-order valence-electron chi connectivity index (χ0n) is 17.9. The molecule has 0 unspecified atom stereocenters. The van der Waals surface area contributed by atoms with Crippen LogP contribution in [0.2, 0.25) is 0 Å². The van der Waals surface area contributed by atoms with E-state index in [2.05, 4.69) is 80.0 Å². The summed E-state index contributed by atoms with van der Waals surface area (Å²) in [6, 6.07) is 19.5. The standard InChI is InChI=1S/C24H33N5.HI/c1-25-24(26-17-20-11-12-20)27-18-21-7-5-6-8-22(21)19-28-13-15-29(16-14-28)23-9-3-2-4-10-23;/h2-10,20H,11-19H2,1H3,(H2,25,26,27);1H. The summed E-state index contributed by atoms with van der Waals surface area (Å²) in [5.41, 5.74) is 4.10. The van der Waals surface area contributed by atoms with Gasteiger partial charge < -0.3 is 15.5 Å². The molecule has 4 rings (SSSR count). The Morgan fingerprint density at radius 3 is 2.23 bits per heavy atom. The second kappa shape index (κ2) is 11.6. The van der Waals surface area contributed by atoms with Crippen molar-refractivity contribution in [3.05, 3.63) is 65.7 Å². The molecule has 2 aromatic carbocycles. The van der Waals surface area contributed by atoms with Gasteiger partial charge in [-0.05, 0) is 42.0 Å². The molecule has 2 fully saturated rings. The predicted octanol–water partition coefficient (Wildman–Crippen LogP) is 3.70. The molecular weight excluding hydrogens is 485 g/mol. The van der Waals surface area contributed by atoms with Gasteiger partial charge in [-0.1, -0.05) is 42.5 Å². The lowest BCUT2D eigenvalue weighted by molar-refractivity contribution is 0.249. The maximum atomic E-state index is 4.36. The average Bonchev–Trinajstić information content (AvgIpc) is 3.61. The lowest BCUT2D eigenvalue weighted by Gasteiger charge is -2.36. The Morgan fingerprint density at radius 1 is 0.900 bits per heavy atom. The van der Waals surface area contributed by atoms with Gasteiger partial charge in [0, 0.05) is 58.5 Å². The zero-order chi connectivity index (χ0) is 19.9. The third kappa shape index (κ3) is 6.60. The molecule has 0 radical (unpaired) electrons. The highest BCUT2D eigenvalue weighted by Crippen LogP contribution is 2.27. The first-order chi connectivity index (χ1) is 14.3. The van der Waals surface area contributed by atoms with Crippen LogP contribution in [-0.4, -0.2) is 50.6 Å². The van der Waals surface area contributed by atoms with Gasteiger partial charge in [-0.3, -0.25) is 9.89 Å². The van der Waals surface area contributed by atoms with Gasteiger partial charge in [0.05, 0.1) is 0 Å². The number of piperazine rings is 1. The monoisotopic (exact) mass is 519 g/mol. The number of para-hydroxylation sites is 1. The maximum Gasteiger partial charge on any atom is 0.191 e. The second-order valence-electron chi connectivity index (χ2n) is 8.12. The number of aliphatic imine (C=N–C) groups is 1. The summed E-state index contributed by atoms with van der Waals surface area (Å²) in [4.78, 5) is 9.42. The number of hydrogen-bond acceptors (Lipinski definition) is 3. The summed E-state index contributed by atoms with van der Waals surface area (Å²) >= 11 is 0. The van der Waals surface area contributed by atoms with Crippen LogP contribution in [0.5, 0.6) is 0 Å². The minimum Gasteiger partial charge on any atom is -0.369 e. The van der Waals surface area contributed by atoms with Crippen molar-refractivity contribution in [3.63, 3.8) is 0 Å². The lowest BCUT2D eigenvalue weighted by atomic mass is 10.1. The molecule has 2 N–H and O–H groups in total. The Balaban J connectivity index is 0.00000256. The molecule has 1 aliphatic heterocycles. The van der Waals surface area contributed by atoms with E-state index in [0.29, 0.717) is 0 Å². The molecule has 0 spiro atoms. The van der Waals surface area contributed by atoms with Crippen LogP contribution < -0.4 is 15.5 Å². The fraction of sp³-hybridized carbons (Fsp3) is 0.458. The molecule has 0 amide bonds. The average molecular weight is 519 g/mol. The summed E-state index contributed by atoms with van der Waals surface area (Å²) in [6.45, 7) is 7.22. The molecule has 2 aromatic rings. The third-order valence-corrected chi connectivity index (χ3v) is 5.93. The Labute approximate surface area is 198 Å². The smallest absolute Gasteiger partial charge is 0.191 e. The fourth-order valence-corrected chi connectivity index (χ4v) is 3.89. The maximum absolute atomic E-state index is 4.36. The normalized spacial score (nSPS) is 17.4. The van der Waals surface area contributed by atoms with E-state index in [1.807, 2.05) is 7.05 Å². The third-order valence-electron chi connectivity index (χ3n) is 5.93. The predicted molar refractivity (Wildman–Crippen MR) is 137 cm³/mol. The zero-order valence-corrected chi connectivity index (χ0v) is 20.2. The number of rotatable bonds is 7. The highest BCUT2D eigenvalue weighted by atomic mass is 127. The summed E-state index contributed by atoms with van der Waals surface area (Å²) in [5.74, 6) is 1.75. The molecule has 1 saturated heterocycles. The molecule has 162 valence electrons. The van der Waals surface area contributed by atoms with Gasteiger partial charge in [0.25, 0.3) is 0 Å². The van der Waals surface area contributed by atoms with Crippen LogP contribution in [0.1, 0.15) is 24.0 Å². The minimum atomic E-state index is 0. The first-order valence-corrected chi connectivity index (χ1v) is 10.9. The van der Waals surface area contributed by atoms with E-state index in [4.69, 9.17) is 0 Å². The second-order valence-corrected chi connectivity index (χ2v) is 8.12. The number of nitrogens with one attached hydrogen (secondary N) is 2. The van der Waals surface area contributed by atoms with Crippen LogP contribution in [0.25, 0.3) is 0 Å². The molecule has 6 heteroatoms. The van der Waals surface area contributed by atoms with Crippen LogP contribution in [-0.2, 0) is 13.1 Å². The van der Waals surface area contributed by atoms with Crippen LogP contribution in [0.3, 0.4) is 0 Å². The van der Waals surface area contributed by atoms with E-state index in [9.17, 15) is 0 Å². The van der Waals surface area contributed by atoms with E-state index in [-0.39, 0.29) is 24.0 Å². The molecule has 0 bridgehead atoms. The van der Waals surface area contributed by atoms with Crippen LogP contribution in [0, 0.1) is 5.92 Å². The van der Waals surface area contributed by atoms with Crippen molar-refractivity contribution >= 4 is 35.6 Å². The Hall–Kier alpha value is -1.80. The summed E-state index contributed by atoms with van der Waals surface area (Å²) in [6.07, 6.45) is 2.70. The molecule has 2 aliphatic rings. The number of guanidine groups is 1. The van der Waals surface area contributed by atoms with Gasteiger partial charge in [0.2, 0.25) is 0 Å². The van der Waals surface area contributed by atoms with Gasteiger partial charge in [-0.2, -0.15) is 0 Å². The highest BCUT2D eigenvalue weighted by Gasteiger charge is 2.21. The number of benzene rings is 2. The van der Waals surface area contributed by atoms with Gasteiger partial charge in [0.15, 0.2) is 5.96 Å². The van der Waals surface area contributed by atoms with Gasteiger partial charge in [-0.15, -0.1) is 24.0 Å². The number of halogens is 1. The van der Waals surface area contributed by atoms with E-state index in [1.54, 1.807) is 0 Å². The summed E-state index contributed by atoms with van der Waals surface area (Å²) in [7, 11) is 1.85. The van der Waals surface area contributed by atoms with E-state index in [1.165, 1.54) is 29.7 Å². The van der Waals surface area contributed by atoms with Crippen molar-refractivity contribution in [2.24, 2.45) is 10.9 Å². The van der Waals surface area contributed by atoms with Gasteiger partial charge in [0.1, 0.15) is 0 Å². The molecule has 30 heavy (non-hydrogen) atoms. The minimum absolute atomic E-state index is 0. The van der Waals surface area contributed by atoms with E-state index < -0.39 is 0 Å². The number of nitrogens with zero attached hydrogens (tertiary/aromatic N) is 3. The van der Waals surface area contributed by atoms with Crippen molar-refractivity contribution in [1.29, 1.82) is 0 Å². The summed E-state index contributed by atoms with van der Waals surface area (Å²) < 4.78 is 0. The van der Waals surface area contributed by atoms with E-state index >= 15 is 0 Å². The quantitative estimate of drug-likeness (QED) is 0.333. The molecule has 0 aromatic heterocycles. The SMILES string of the molecule is CN=C(NCc1ccccc1CN1CCN(c2ccccc2)CC1)NCC1CC1.I. The Kier molecular flexibility index (Phi) is 8.81. The Bertz CT molecular complexity index is 798. The van der Waals surface area contributed by atoms with Crippen molar-refractivity contribution < 1.29 is 0 Å². The molecule has 1 saturated carbocycles. The summed E-state index contributed by atoms with van der Waals surface area (Å²) in [5, 5.41) is 6.93. The Morgan fingerprint density at radius 2 is 1.57 bits per heavy atom. The molecule has 0 atom stereocenters. The van der Waals surface area contributed by atoms with Crippen molar-refractivity contribution in [1.82, 2.24) is 15.5 Å². The van der Waals surface area contributed by atoms with Crippen LogP contribution in [0.15, 0.2) is 59.6 Å². The van der Waals surface area contributed by atoms with Crippen molar-refractivity contribution in [2.45, 2.75) is 25.9 Å². The number of anilines is 1. The van der Waals surface area contributed by atoms with Crippen molar-refractivity contribution in [2.75, 3.05) is 44.7 Å². The van der Waals surface area contributed by atoms with Crippen LogP contribution in [0.4, 0.5) is 5.69 Å². The van der Waals surface area contributed by atoms with Crippen molar-refractivity contribution in [3.8, 4) is 0 Å². The molecular formula is C24H34IN5. The first kappa shape index (κ1) is 22.9. The van der Waals surface area contributed by atoms with Gasteiger partial charge >= 0.3 is 0 Å².